The predicted molar refractivity (Wildman–Crippen MR) is 113 cm³/mol. The smallest absolute Gasteiger partial charge is 0.262 e. The molecule has 28 heavy (non-hydrogen) atoms. The second-order valence-corrected chi connectivity index (χ2v) is 8.73. The molecule has 0 N–H and O–H groups in total. The van der Waals surface area contributed by atoms with Crippen LogP contribution in [-0.4, -0.2) is 33.0 Å². The van der Waals surface area contributed by atoms with Gasteiger partial charge in [-0.15, -0.1) is 11.3 Å². The molecule has 0 radical (unpaired) electrons. The van der Waals surface area contributed by atoms with E-state index in [1.54, 1.807) is 31.0 Å². The summed E-state index contributed by atoms with van der Waals surface area (Å²) in [6, 6.07) is 7.37. The molecule has 0 bridgehead atoms. The molecule has 1 aliphatic heterocycles. The molecule has 3 heterocycles. The number of thioether (sulfide) groups is 1. The number of fused-ring (bicyclic) bond motifs is 2. The minimum atomic E-state index is -0.1000. The number of nitrogens with zero attached hydrogens (tertiary/aromatic N) is 3. The monoisotopic (exact) mass is 413 g/mol. The minimum absolute atomic E-state index is 0.0110. The molecule has 144 valence electrons. The van der Waals surface area contributed by atoms with Gasteiger partial charge in [0.2, 0.25) is 5.91 Å². The molecule has 2 aromatic heterocycles. The molecule has 0 aliphatic carbocycles. The molecule has 1 aromatic carbocycles. The Bertz CT molecular complexity index is 1170. The second kappa shape index (κ2) is 7.18. The largest absolute Gasteiger partial charge is 0.309 e. The first-order valence-electron chi connectivity index (χ1n) is 8.89. The van der Waals surface area contributed by atoms with E-state index in [9.17, 15) is 14.4 Å². The van der Waals surface area contributed by atoms with E-state index in [0.29, 0.717) is 20.9 Å². The van der Waals surface area contributed by atoms with Gasteiger partial charge in [-0.25, -0.2) is 4.98 Å². The van der Waals surface area contributed by atoms with Crippen molar-refractivity contribution >= 4 is 50.7 Å². The van der Waals surface area contributed by atoms with E-state index in [0.717, 1.165) is 17.7 Å². The van der Waals surface area contributed by atoms with Gasteiger partial charge in [-0.05, 0) is 48.6 Å². The van der Waals surface area contributed by atoms with Crippen molar-refractivity contribution in [3.8, 4) is 0 Å². The number of Topliss-reactive ketones (excluding diaryl/α,β-unsaturated/α-hetero) is 1. The third kappa shape index (κ3) is 3.16. The van der Waals surface area contributed by atoms with Gasteiger partial charge in [-0.3, -0.25) is 19.0 Å². The summed E-state index contributed by atoms with van der Waals surface area (Å²) in [6.07, 6.45) is 0.744. The molecule has 8 heteroatoms. The highest BCUT2D eigenvalue weighted by Crippen LogP contribution is 2.33. The van der Waals surface area contributed by atoms with Crippen LogP contribution in [0.3, 0.4) is 0 Å². The maximum Gasteiger partial charge on any atom is 0.262 e. The standard InChI is InChI=1S/C20H19N3O3S2/c1-11-8-14-9-13(4-5-16(14)23(11)12(2)24)17(25)10-28-20-21-18-15(6-7-27-18)19(26)22(20)3/h4-7,9,11H,8,10H2,1-3H3. The van der Waals surface area contributed by atoms with Crippen molar-refractivity contribution < 1.29 is 9.59 Å². The Labute approximate surface area is 170 Å². The number of carbonyl (C=O) groups excluding carboxylic acids is 2. The van der Waals surface area contributed by atoms with Crippen LogP contribution in [-0.2, 0) is 18.3 Å². The zero-order chi connectivity index (χ0) is 20.0. The number of thiophene rings is 1. The van der Waals surface area contributed by atoms with Crippen LogP contribution in [0.2, 0.25) is 0 Å². The molecular weight excluding hydrogens is 394 g/mol. The first-order chi connectivity index (χ1) is 13.4. The molecule has 1 amide bonds. The summed E-state index contributed by atoms with van der Waals surface area (Å²) in [7, 11) is 1.67. The lowest BCUT2D eigenvalue weighted by molar-refractivity contribution is -0.116. The number of rotatable bonds is 4. The van der Waals surface area contributed by atoms with Gasteiger partial charge < -0.3 is 4.90 Å². The molecule has 4 rings (SSSR count). The first-order valence-corrected chi connectivity index (χ1v) is 10.8. The molecule has 6 nitrogen and oxygen atoms in total. The maximum absolute atomic E-state index is 12.7. The number of hydrogen-bond acceptors (Lipinski definition) is 6. The van der Waals surface area contributed by atoms with Gasteiger partial charge in [0, 0.05) is 31.3 Å². The van der Waals surface area contributed by atoms with Gasteiger partial charge >= 0.3 is 0 Å². The predicted octanol–water partition coefficient (Wildman–Crippen LogP) is 3.27. The zero-order valence-electron chi connectivity index (χ0n) is 15.8. The fraction of sp³-hybridized carbons (Fsp3) is 0.300. The Balaban J connectivity index is 1.54. The van der Waals surface area contributed by atoms with Crippen molar-refractivity contribution in [2.75, 3.05) is 10.7 Å². The summed E-state index contributed by atoms with van der Waals surface area (Å²) in [5.74, 6) is 0.182. The summed E-state index contributed by atoms with van der Waals surface area (Å²) < 4.78 is 1.49. The van der Waals surface area contributed by atoms with Crippen LogP contribution >= 0.6 is 23.1 Å². The molecule has 0 saturated heterocycles. The van der Waals surface area contributed by atoms with E-state index in [-0.39, 0.29) is 29.0 Å². The minimum Gasteiger partial charge on any atom is -0.309 e. The highest BCUT2D eigenvalue weighted by molar-refractivity contribution is 7.99. The average molecular weight is 414 g/mol. The highest BCUT2D eigenvalue weighted by atomic mass is 32.2. The molecular formula is C20H19N3O3S2. The number of ketones is 1. The fourth-order valence-corrected chi connectivity index (χ4v) is 5.28. The quantitative estimate of drug-likeness (QED) is 0.373. The first kappa shape index (κ1) is 18.9. The number of carbonyl (C=O) groups is 2. The number of aromatic nitrogens is 2. The van der Waals surface area contributed by atoms with E-state index in [1.807, 2.05) is 24.4 Å². The van der Waals surface area contributed by atoms with E-state index in [2.05, 4.69) is 4.98 Å². The second-order valence-electron chi connectivity index (χ2n) is 6.90. The van der Waals surface area contributed by atoms with Gasteiger partial charge in [0.25, 0.3) is 5.56 Å². The lowest BCUT2D eigenvalue weighted by atomic mass is 10.0. The van der Waals surface area contributed by atoms with E-state index in [4.69, 9.17) is 0 Å². The molecule has 0 spiro atoms. The van der Waals surface area contributed by atoms with Crippen LogP contribution in [0.5, 0.6) is 0 Å². The Morgan fingerprint density at radius 2 is 2.11 bits per heavy atom. The Hall–Kier alpha value is -2.45. The summed E-state index contributed by atoms with van der Waals surface area (Å²) in [6.45, 7) is 3.56. The fourth-order valence-electron chi connectivity index (χ4n) is 3.61. The summed E-state index contributed by atoms with van der Waals surface area (Å²) in [5, 5.41) is 2.98. The zero-order valence-corrected chi connectivity index (χ0v) is 17.4. The van der Waals surface area contributed by atoms with Crippen LogP contribution in [0.15, 0.2) is 39.6 Å². The van der Waals surface area contributed by atoms with Gasteiger partial charge in [-0.1, -0.05) is 11.8 Å². The maximum atomic E-state index is 12.7. The van der Waals surface area contributed by atoms with Crippen LogP contribution < -0.4 is 10.5 Å². The average Bonchev–Trinajstić information content (AvgIpc) is 3.25. The van der Waals surface area contributed by atoms with Gasteiger partial charge in [0.05, 0.1) is 11.1 Å². The van der Waals surface area contributed by atoms with Crippen LogP contribution in [0, 0.1) is 0 Å². The van der Waals surface area contributed by atoms with Crippen molar-refractivity contribution in [1.82, 2.24) is 9.55 Å². The highest BCUT2D eigenvalue weighted by Gasteiger charge is 2.29. The Morgan fingerprint density at radius 3 is 2.86 bits per heavy atom. The molecule has 3 aromatic rings. The van der Waals surface area contributed by atoms with Crippen LogP contribution in [0.25, 0.3) is 10.2 Å². The third-order valence-electron chi connectivity index (χ3n) is 4.95. The lowest BCUT2D eigenvalue weighted by Crippen LogP contribution is -2.33. The van der Waals surface area contributed by atoms with Gasteiger partial charge in [-0.2, -0.15) is 0 Å². The summed E-state index contributed by atoms with van der Waals surface area (Å²) >= 11 is 2.68. The van der Waals surface area contributed by atoms with Crippen molar-refractivity contribution in [1.29, 1.82) is 0 Å². The lowest BCUT2D eigenvalue weighted by Gasteiger charge is -2.20. The molecule has 1 atom stereocenters. The topological polar surface area (TPSA) is 72.3 Å². The number of benzene rings is 1. The molecule has 0 fully saturated rings. The van der Waals surface area contributed by atoms with E-state index >= 15 is 0 Å². The summed E-state index contributed by atoms with van der Waals surface area (Å²) in [5.41, 5.74) is 2.42. The van der Waals surface area contributed by atoms with Crippen molar-refractivity contribution in [2.45, 2.75) is 31.5 Å². The Morgan fingerprint density at radius 1 is 1.32 bits per heavy atom. The van der Waals surface area contributed by atoms with Crippen molar-refractivity contribution in [3.05, 3.63) is 51.1 Å². The third-order valence-corrected chi connectivity index (χ3v) is 6.79. The molecule has 1 unspecified atom stereocenters. The SMILES string of the molecule is CC(=O)N1c2ccc(C(=O)CSc3nc4sccc4c(=O)n3C)cc2CC1C. The van der Waals surface area contributed by atoms with Gasteiger partial charge in [0.15, 0.2) is 10.9 Å². The number of anilines is 1. The normalized spacial score (nSPS) is 15.8. The van der Waals surface area contributed by atoms with Crippen molar-refractivity contribution in [3.63, 3.8) is 0 Å². The van der Waals surface area contributed by atoms with Crippen molar-refractivity contribution in [2.24, 2.45) is 7.05 Å². The summed E-state index contributed by atoms with van der Waals surface area (Å²) in [4.78, 5) is 43.9. The molecule has 0 saturated carbocycles. The van der Waals surface area contributed by atoms with Gasteiger partial charge in [0.1, 0.15) is 4.83 Å². The number of amides is 1. The number of hydrogen-bond donors (Lipinski definition) is 0. The van der Waals surface area contributed by atoms with Crippen LogP contribution in [0.1, 0.15) is 29.8 Å². The Kier molecular flexibility index (Phi) is 4.84. The molecule has 1 aliphatic rings. The van der Waals surface area contributed by atoms with E-state index in [1.165, 1.54) is 27.7 Å². The van der Waals surface area contributed by atoms with Crippen LogP contribution in [0.4, 0.5) is 5.69 Å². The van der Waals surface area contributed by atoms with E-state index < -0.39 is 0 Å².